The van der Waals surface area contributed by atoms with Gasteiger partial charge in [-0.25, -0.2) is 0 Å². The van der Waals surface area contributed by atoms with E-state index in [-0.39, 0.29) is 0 Å². The fraction of sp³-hybridized carbons (Fsp3) is 0.600. The second-order valence-corrected chi connectivity index (χ2v) is 5.75. The summed E-state index contributed by atoms with van der Waals surface area (Å²) in [6.45, 7) is 7.73. The van der Waals surface area contributed by atoms with Crippen LogP contribution in [0.15, 0.2) is 28.7 Å². The van der Waals surface area contributed by atoms with Crippen LogP contribution in [0, 0.1) is 0 Å². The van der Waals surface area contributed by atoms with E-state index in [1.54, 1.807) is 0 Å². The minimum absolute atomic E-state index is 0.599. The summed E-state index contributed by atoms with van der Waals surface area (Å²) in [5.74, 6) is 0. The molecule has 0 aliphatic heterocycles. The summed E-state index contributed by atoms with van der Waals surface area (Å²) in [6, 6.07) is 9.05. The van der Waals surface area contributed by atoms with Crippen LogP contribution in [-0.2, 0) is 6.54 Å². The van der Waals surface area contributed by atoms with Crippen molar-refractivity contribution in [2.75, 3.05) is 20.1 Å². The van der Waals surface area contributed by atoms with E-state index in [9.17, 15) is 0 Å². The first-order chi connectivity index (χ1) is 8.65. The SMILES string of the molecule is CCCNCCC(C)N(C)Cc1ccccc1Br. The Hall–Kier alpha value is -0.380. The molecule has 3 heteroatoms. The van der Waals surface area contributed by atoms with Crippen LogP contribution in [0.3, 0.4) is 0 Å². The van der Waals surface area contributed by atoms with Gasteiger partial charge in [-0.05, 0) is 51.5 Å². The number of hydrogen-bond donors (Lipinski definition) is 1. The highest BCUT2D eigenvalue weighted by atomic mass is 79.9. The van der Waals surface area contributed by atoms with Crippen molar-refractivity contribution in [2.45, 2.75) is 39.3 Å². The Bertz CT molecular complexity index is 341. The van der Waals surface area contributed by atoms with Crippen molar-refractivity contribution in [1.29, 1.82) is 0 Å². The number of benzene rings is 1. The molecule has 0 aliphatic rings. The third-order valence-corrected chi connectivity index (χ3v) is 4.07. The topological polar surface area (TPSA) is 15.3 Å². The molecule has 1 N–H and O–H groups in total. The van der Waals surface area contributed by atoms with Crippen molar-refractivity contribution in [2.24, 2.45) is 0 Å². The summed E-state index contributed by atoms with van der Waals surface area (Å²) in [7, 11) is 2.20. The van der Waals surface area contributed by atoms with Crippen molar-refractivity contribution in [3.05, 3.63) is 34.3 Å². The van der Waals surface area contributed by atoms with E-state index in [0.717, 1.165) is 19.6 Å². The van der Waals surface area contributed by atoms with Gasteiger partial charge in [0.1, 0.15) is 0 Å². The van der Waals surface area contributed by atoms with E-state index in [2.05, 4.69) is 71.3 Å². The minimum atomic E-state index is 0.599. The van der Waals surface area contributed by atoms with Gasteiger partial charge in [0.05, 0.1) is 0 Å². The van der Waals surface area contributed by atoms with Crippen LogP contribution >= 0.6 is 15.9 Å². The monoisotopic (exact) mass is 312 g/mol. The Labute approximate surface area is 120 Å². The smallest absolute Gasteiger partial charge is 0.0244 e. The molecule has 1 atom stereocenters. The zero-order valence-corrected chi connectivity index (χ0v) is 13.3. The molecule has 18 heavy (non-hydrogen) atoms. The molecule has 2 nitrogen and oxygen atoms in total. The minimum Gasteiger partial charge on any atom is -0.317 e. The van der Waals surface area contributed by atoms with E-state index in [4.69, 9.17) is 0 Å². The summed E-state index contributed by atoms with van der Waals surface area (Å²) < 4.78 is 1.20. The molecule has 1 aromatic carbocycles. The van der Waals surface area contributed by atoms with Crippen LogP contribution in [0.4, 0.5) is 0 Å². The Morgan fingerprint density at radius 1 is 1.28 bits per heavy atom. The predicted molar refractivity (Wildman–Crippen MR) is 82.8 cm³/mol. The summed E-state index contributed by atoms with van der Waals surface area (Å²) in [6.07, 6.45) is 2.40. The van der Waals surface area contributed by atoms with Crippen molar-refractivity contribution in [3.8, 4) is 0 Å². The third kappa shape index (κ3) is 5.51. The molecule has 1 aromatic rings. The molecular formula is C15H25BrN2. The molecular weight excluding hydrogens is 288 g/mol. The maximum absolute atomic E-state index is 3.61. The Balaban J connectivity index is 2.35. The van der Waals surface area contributed by atoms with Gasteiger partial charge in [0.25, 0.3) is 0 Å². The van der Waals surface area contributed by atoms with Crippen LogP contribution in [-0.4, -0.2) is 31.1 Å². The van der Waals surface area contributed by atoms with E-state index in [1.807, 2.05) is 0 Å². The Morgan fingerprint density at radius 3 is 2.67 bits per heavy atom. The quantitative estimate of drug-likeness (QED) is 0.737. The lowest BCUT2D eigenvalue weighted by Crippen LogP contribution is -2.32. The lowest BCUT2D eigenvalue weighted by atomic mass is 10.1. The van der Waals surface area contributed by atoms with Gasteiger partial charge in [0.2, 0.25) is 0 Å². The van der Waals surface area contributed by atoms with E-state index < -0.39 is 0 Å². The van der Waals surface area contributed by atoms with E-state index >= 15 is 0 Å². The van der Waals surface area contributed by atoms with E-state index in [1.165, 1.54) is 22.9 Å². The van der Waals surface area contributed by atoms with E-state index in [0.29, 0.717) is 6.04 Å². The molecule has 0 saturated carbocycles. The van der Waals surface area contributed by atoms with Gasteiger partial charge in [0.15, 0.2) is 0 Å². The number of nitrogens with one attached hydrogen (secondary N) is 1. The Kier molecular flexibility index (Phi) is 7.56. The Morgan fingerprint density at radius 2 is 2.00 bits per heavy atom. The van der Waals surface area contributed by atoms with Crippen molar-refractivity contribution in [3.63, 3.8) is 0 Å². The van der Waals surface area contributed by atoms with Gasteiger partial charge in [-0.1, -0.05) is 41.1 Å². The van der Waals surface area contributed by atoms with Crippen LogP contribution in [0.2, 0.25) is 0 Å². The molecule has 0 spiro atoms. The first-order valence-electron chi connectivity index (χ1n) is 6.79. The molecule has 1 unspecified atom stereocenters. The van der Waals surface area contributed by atoms with Crippen molar-refractivity contribution in [1.82, 2.24) is 10.2 Å². The predicted octanol–water partition coefficient (Wildman–Crippen LogP) is 3.66. The zero-order valence-electron chi connectivity index (χ0n) is 11.7. The van der Waals surface area contributed by atoms with Gasteiger partial charge in [-0.2, -0.15) is 0 Å². The average molecular weight is 313 g/mol. The average Bonchev–Trinajstić information content (AvgIpc) is 2.37. The fourth-order valence-corrected chi connectivity index (χ4v) is 2.29. The van der Waals surface area contributed by atoms with Gasteiger partial charge in [-0.15, -0.1) is 0 Å². The molecule has 1 rings (SSSR count). The molecule has 0 saturated heterocycles. The molecule has 0 aliphatic carbocycles. The highest BCUT2D eigenvalue weighted by molar-refractivity contribution is 9.10. The number of rotatable bonds is 8. The summed E-state index contributed by atoms with van der Waals surface area (Å²) >= 11 is 3.61. The van der Waals surface area contributed by atoms with Crippen LogP contribution in [0.5, 0.6) is 0 Å². The third-order valence-electron chi connectivity index (χ3n) is 3.30. The maximum Gasteiger partial charge on any atom is 0.0244 e. The van der Waals surface area contributed by atoms with Gasteiger partial charge in [-0.3, -0.25) is 4.90 Å². The van der Waals surface area contributed by atoms with Gasteiger partial charge in [0, 0.05) is 17.1 Å². The second kappa shape index (κ2) is 8.68. The zero-order chi connectivity index (χ0) is 13.4. The number of nitrogens with zero attached hydrogens (tertiary/aromatic N) is 1. The van der Waals surface area contributed by atoms with Crippen molar-refractivity contribution < 1.29 is 0 Å². The summed E-state index contributed by atoms with van der Waals surface area (Å²) in [5, 5.41) is 3.46. The number of hydrogen-bond acceptors (Lipinski definition) is 2. The normalized spacial score (nSPS) is 12.9. The summed E-state index contributed by atoms with van der Waals surface area (Å²) in [4.78, 5) is 2.41. The summed E-state index contributed by atoms with van der Waals surface area (Å²) in [5.41, 5.74) is 1.35. The fourth-order valence-electron chi connectivity index (χ4n) is 1.88. The molecule has 0 amide bonds. The lowest BCUT2D eigenvalue weighted by molar-refractivity contribution is 0.236. The first kappa shape index (κ1) is 15.7. The highest BCUT2D eigenvalue weighted by Gasteiger charge is 2.10. The molecule has 102 valence electrons. The molecule has 0 heterocycles. The lowest BCUT2D eigenvalue weighted by Gasteiger charge is -2.25. The number of halogens is 1. The highest BCUT2D eigenvalue weighted by Crippen LogP contribution is 2.18. The molecule has 0 aromatic heterocycles. The van der Waals surface area contributed by atoms with Gasteiger partial charge >= 0.3 is 0 Å². The molecule has 0 radical (unpaired) electrons. The molecule has 0 bridgehead atoms. The largest absolute Gasteiger partial charge is 0.317 e. The van der Waals surface area contributed by atoms with Crippen LogP contribution in [0.25, 0.3) is 0 Å². The van der Waals surface area contributed by atoms with Crippen LogP contribution < -0.4 is 5.32 Å². The maximum atomic E-state index is 3.61. The van der Waals surface area contributed by atoms with Crippen molar-refractivity contribution >= 4 is 15.9 Å². The standard InChI is InChI=1S/C15H25BrN2/c1-4-10-17-11-9-13(2)18(3)12-14-7-5-6-8-15(14)16/h5-8,13,17H,4,9-12H2,1-3H3. The second-order valence-electron chi connectivity index (χ2n) is 4.89. The molecule has 0 fully saturated rings. The first-order valence-corrected chi connectivity index (χ1v) is 7.58. The van der Waals surface area contributed by atoms with Crippen LogP contribution in [0.1, 0.15) is 32.3 Å². The van der Waals surface area contributed by atoms with Gasteiger partial charge < -0.3 is 5.32 Å².